The minimum absolute atomic E-state index is 0.150. The van der Waals surface area contributed by atoms with Crippen LogP contribution in [0, 0.1) is 0 Å². The van der Waals surface area contributed by atoms with Crippen LogP contribution >= 0.6 is 0 Å². The number of aromatic nitrogens is 2. The van der Waals surface area contributed by atoms with Crippen molar-refractivity contribution in [3.63, 3.8) is 0 Å². The third-order valence-corrected chi connectivity index (χ3v) is 13.0. The van der Waals surface area contributed by atoms with Crippen LogP contribution in [0.25, 0.3) is 78.1 Å². The van der Waals surface area contributed by atoms with Gasteiger partial charge < -0.3 is 4.42 Å². The number of rotatable bonds is 5. The Morgan fingerprint density at radius 2 is 0.881 bits per heavy atom. The molecule has 0 amide bonds. The monoisotopic (exact) mass is 754 g/mol. The fourth-order valence-electron chi connectivity index (χ4n) is 10.4. The highest BCUT2D eigenvalue weighted by atomic mass is 16.3. The second-order valence-corrected chi connectivity index (χ2v) is 16.4. The first-order valence-corrected chi connectivity index (χ1v) is 20.4. The highest BCUT2D eigenvalue weighted by molar-refractivity contribution is 6.09. The van der Waals surface area contributed by atoms with E-state index in [-0.39, 0.29) is 5.41 Å². The normalized spacial score (nSPS) is 14.2. The molecule has 3 nitrogen and oxygen atoms in total. The summed E-state index contributed by atoms with van der Waals surface area (Å²) < 4.78 is 6.66. The molecule has 0 saturated heterocycles. The van der Waals surface area contributed by atoms with Crippen molar-refractivity contribution in [2.24, 2.45) is 0 Å². The molecule has 0 aliphatic heterocycles. The van der Waals surface area contributed by atoms with Crippen molar-refractivity contribution < 1.29 is 4.42 Å². The molecule has 0 saturated carbocycles. The molecule has 2 aliphatic carbocycles. The summed E-state index contributed by atoms with van der Waals surface area (Å²) in [6.45, 7) is 4.66. The maximum atomic E-state index is 6.66. The quantitative estimate of drug-likeness (QED) is 0.176. The smallest absolute Gasteiger partial charge is 0.161 e. The summed E-state index contributed by atoms with van der Waals surface area (Å²) in [4.78, 5) is 11.2. The molecule has 2 heterocycles. The summed E-state index contributed by atoms with van der Waals surface area (Å²) in [6.07, 6.45) is 0. The van der Waals surface area contributed by atoms with Gasteiger partial charge in [-0.3, -0.25) is 0 Å². The van der Waals surface area contributed by atoms with E-state index >= 15 is 0 Å². The van der Waals surface area contributed by atoms with Gasteiger partial charge in [0.15, 0.2) is 5.82 Å². The van der Waals surface area contributed by atoms with Crippen molar-refractivity contribution >= 4 is 21.9 Å². The zero-order chi connectivity index (χ0) is 39.3. The van der Waals surface area contributed by atoms with Crippen LogP contribution in [0.4, 0.5) is 0 Å². The molecule has 12 rings (SSSR count). The van der Waals surface area contributed by atoms with Gasteiger partial charge in [0.25, 0.3) is 0 Å². The second kappa shape index (κ2) is 12.6. The van der Waals surface area contributed by atoms with Crippen molar-refractivity contribution in [2.45, 2.75) is 24.7 Å². The summed E-state index contributed by atoms with van der Waals surface area (Å²) in [5, 5.41) is 2.16. The summed E-state index contributed by atoms with van der Waals surface area (Å²) >= 11 is 0. The molecule has 3 heteroatoms. The molecule has 0 spiro atoms. The molecule has 2 aliphatic rings. The van der Waals surface area contributed by atoms with Gasteiger partial charge in [-0.25, -0.2) is 9.97 Å². The van der Waals surface area contributed by atoms with Crippen LogP contribution in [0.3, 0.4) is 0 Å². The van der Waals surface area contributed by atoms with Gasteiger partial charge in [0, 0.05) is 32.9 Å². The van der Waals surface area contributed by atoms with E-state index in [1.807, 2.05) is 12.1 Å². The second-order valence-electron chi connectivity index (χ2n) is 16.4. The third kappa shape index (κ3) is 4.70. The van der Waals surface area contributed by atoms with Gasteiger partial charge in [-0.2, -0.15) is 0 Å². The molecule has 0 unspecified atom stereocenters. The van der Waals surface area contributed by atoms with E-state index in [0.29, 0.717) is 5.82 Å². The number of hydrogen-bond acceptors (Lipinski definition) is 3. The van der Waals surface area contributed by atoms with Gasteiger partial charge >= 0.3 is 0 Å². The number of furan rings is 1. The largest absolute Gasteiger partial charge is 0.455 e. The van der Waals surface area contributed by atoms with Gasteiger partial charge in [0.05, 0.1) is 16.8 Å². The first kappa shape index (κ1) is 33.7. The zero-order valence-corrected chi connectivity index (χ0v) is 32.8. The zero-order valence-electron chi connectivity index (χ0n) is 32.8. The lowest BCUT2D eigenvalue weighted by molar-refractivity contribution is 0.660. The van der Waals surface area contributed by atoms with Crippen LogP contribution in [0.1, 0.15) is 47.2 Å². The first-order valence-electron chi connectivity index (χ1n) is 20.4. The topological polar surface area (TPSA) is 38.9 Å². The maximum Gasteiger partial charge on any atom is 0.161 e. The summed E-state index contributed by atoms with van der Waals surface area (Å²) in [5.41, 5.74) is 18.1. The lowest BCUT2D eigenvalue weighted by Gasteiger charge is -2.33. The van der Waals surface area contributed by atoms with E-state index in [4.69, 9.17) is 14.4 Å². The first-order chi connectivity index (χ1) is 29.0. The van der Waals surface area contributed by atoms with Crippen molar-refractivity contribution in [3.8, 4) is 56.2 Å². The standard InChI is InChI=1S/C56H38N2O/c1-55(2)44-29-12-9-23-39(44)51-41(26-16-31-46(51)55)48-34-49(42-27-15-25-38-37-22-11-14-33-50(37)59-53(38)42)58-54(57-48)43-28-17-32-47-52(43)40-24-10-13-30-45(40)56(47,35-18-5-3-6-19-35)36-20-7-4-8-21-36/h3-34H,1-2H3. The predicted molar refractivity (Wildman–Crippen MR) is 240 cm³/mol. The molecule has 0 atom stereocenters. The summed E-state index contributed by atoms with van der Waals surface area (Å²) in [5.74, 6) is 0.678. The van der Waals surface area contributed by atoms with Gasteiger partial charge in [-0.05, 0) is 73.8 Å². The average molecular weight is 755 g/mol. The molecule has 0 radical (unpaired) electrons. The van der Waals surface area contributed by atoms with Crippen LogP contribution in [-0.4, -0.2) is 9.97 Å². The lowest BCUT2D eigenvalue weighted by atomic mass is 9.67. The highest BCUT2D eigenvalue weighted by Gasteiger charge is 2.47. The average Bonchev–Trinajstić information content (AvgIpc) is 3.91. The van der Waals surface area contributed by atoms with Crippen molar-refractivity contribution in [3.05, 3.63) is 228 Å². The number of para-hydroxylation sites is 2. The van der Waals surface area contributed by atoms with Crippen molar-refractivity contribution in [2.75, 3.05) is 0 Å². The van der Waals surface area contributed by atoms with Crippen LogP contribution in [-0.2, 0) is 10.8 Å². The van der Waals surface area contributed by atoms with E-state index in [1.54, 1.807) is 0 Å². The maximum absolute atomic E-state index is 6.66. The fourth-order valence-corrected chi connectivity index (χ4v) is 10.4. The third-order valence-electron chi connectivity index (χ3n) is 13.0. The molecular formula is C56H38N2O. The molecule has 278 valence electrons. The van der Waals surface area contributed by atoms with Gasteiger partial charge in [-0.1, -0.05) is 190 Å². The van der Waals surface area contributed by atoms with E-state index in [2.05, 4.69) is 196 Å². The molecule has 0 bridgehead atoms. The molecule has 2 aromatic heterocycles. The van der Waals surface area contributed by atoms with Crippen LogP contribution in [0.2, 0.25) is 0 Å². The Morgan fingerprint density at radius 1 is 0.390 bits per heavy atom. The molecule has 0 fully saturated rings. The number of hydrogen-bond donors (Lipinski definition) is 0. The lowest BCUT2D eigenvalue weighted by Crippen LogP contribution is -2.28. The Hall–Kier alpha value is -7.36. The minimum atomic E-state index is -0.541. The molecule has 8 aromatic carbocycles. The summed E-state index contributed by atoms with van der Waals surface area (Å²) in [7, 11) is 0. The van der Waals surface area contributed by atoms with Crippen LogP contribution in [0.15, 0.2) is 199 Å². The number of benzene rings is 8. The van der Waals surface area contributed by atoms with Gasteiger partial charge in [-0.15, -0.1) is 0 Å². The number of nitrogens with zero attached hydrogens (tertiary/aromatic N) is 2. The van der Waals surface area contributed by atoms with E-state index in [0.717, 1.165) is 55.6 Å². The summed E-state index contributed by atoms with van der Waals surface area (Å²) in [6, 6.07) is 69.9. The van der Waals surface area contributed by atoms with E-state index in [9.17, 15) is 0 Å². The fraction of sp³-hybridized carbons (Fsp3) is 0.0714. The minimum Gasteiger partial charge on any atom is -0.455 e. The molecule has 0 N–H and O–H groups in total. The van der Waals surface area contributed by atoms with Crippen LogP contribution in [0.5, 0.6) is 0 Å². The molecular weight excluding hydrogens is 717 g/mol. The molecule has 59 heavy (non-hydrogen) atoms. The Labute approximate surface area is 343 Å². The van der Waals surface area contributed by atoms with E-state index in [1.165, 1.54) is 50.1 Å². The Morgan fingerprint density at radius 3 is 1.63 bits per heavy atom. The Balaban J connectivity index is 1.18. The Bertz CT molecular complexity index is 3260. The van der Waals surface area contributed by atoms with E-state index < -0.39 is 5.41 Å². The van der Waals surface area contributed by atoms with Gasteiger partial charge in [0.2, 0.25) is 0 Å². The highest BCUT2D eigenvalue weighted by Crippen LogP contribution is 2.58. The number of fused-ring (bicyclic) bond motifs is 9. The predicted octanol–water partition coefficient (Wildman–Crippen LogP) is 14.0. The van der Waals surface area contributed by atoms with Gasteiger partial charge in [0.1, 0.15) is 11.2 Å². The molecule has 10 aromatic rings. The van der Waals surface area contributed by atoms with Crippen molar-refractivity contribution in [1.82, 2.24) is 9.97 Å². The SMILES string of the molecule is CC1(C)c2ccccc2-c2c(-c3cc(-c4cccc5c4oc4ccccc45)nc(-c4cccc5c4-c4ccccc4C5(c4ccccc4)c4ccccc4)n3)cccc21. The van der Waals surface area contributed by atoms with Crippen molar-refractivity contribution in [1.29, 1.82) is 0 Å². The Kier molecular flexibility index (Phi) is 7.19. The van der Waals surface area contributed by atoms with Crippen LogP contribution < -0.4 is 0 Å².